The number of benzene rings is 2. The molecule has 0 bridgehead atoms. The quantitative estimate of drug-likeness (QED) is 0.652. The van der Waals surface area contributed by atoms with E-state index in [0.29, 0.717) is 11.5 Å². The van der Waals surface area contributed by atoms with Crippen LogP contribution in [0.1, 0.15) is 35.2 Å². The number of hydrazone groups is 1. The number of nitrogens with one attached hydrogen (secondary N) is 1. The van der Waals surface area contributed by atoms with Gasteiger partial charge in [-0.3, -0.25) is 4.79 Å². The van der Waals surface area contributed by atoms with E-state index in [1.54, 1.807) is 18.3 Å². The van der Waals surface area contributed by atoms with Crippen LogP contribution < -0.4 is 5.43 Å². The Morgan fingerprint density at radius 1 is 1.10 bits per heavy atom. The van der Waals surface area contributed by atoms with Gasteiger partial charge in [0.2, 0.25) is 0 Å². The van der Waals surface area contributed by atoms with Crippen LogP contribution in [0.15, 0.2) is 65.8 Å². The zero-order valence-electron chi connectivity index (χ0n) is 11.5. The number of carbonyl (C=O) groups excluding carboxylic acids is 1. The SMILES string of the molecule is CC(CC=NNC(=O)c1ccccc1)c1ccccc1. The molecule has 102 valence electrons. The van der Waals surface area contributed by atoms with Gasteiger partial charge in [-0.2, -0.15) is 5.10 Å². The smallest absolute Gasteiger partial charge is 0.267 e. The maximum absolute atomic E-state index is 11.7. The van der Waals surface area contributed by atoms with Crippen molar-refractivity contribution in [3.8, 4) is 0 Å². The Kier molecular flexibility index (Phi) is 5.07. The van der Waals surface area contributed by atoms with Gasteiger partial charge in [-0.15, -0.1) is 0 Å². The topological polar surface area (TPSA) is 41.5 Å². The summed E-state index contributed by atoms with van der Waals surface area (Å²) in [6, 6.07) is 19.3. The van der Waals surface area contributed by atoms with Gasteiger partial charge in [0, 0.05) is 11.8 Å². The Labute approximate surface area is 119 Å². The summed E-state index contributed by atoms with van der Waals surface area (Å²) in [6.07, 6.45) is 2.54. The van der Waals surface area contributed by atoms with Crippen LogP contribution in [0, 0.1) is 0 Å². The molecule has 1 amide bonds. The minimum absolute atomic E-state index is 0.186. The molecule has 0 aliphatic heterocycles. The molecule has 0 fully saturated rings. The van der Waals surface area contributed by atoms with Crippen LogP contribution in [0.25, 0.3) is 0 Å². The van der Waals surface area contributed by atoms with Crippen LogP contribution in [0.5, 0.6) is 0 Å². The Morgan fingerprint density at radius 2 is 1.70 bits per heavy atom. The Hall–Kier alpha value is -2.42. The molecule has 20 heavy (non-hydrogen) atoms. The molecular formula is C17H18N2O. The van der Waals surface area contributed by atoms with Crippen LogP contribution in [0.3, 0.4) is 0 Å². The molecule has 1 unspecified atom stereocenters. The molecule has 0 saturated carbocycles. The molecule has 0 radical (unpaired) electrons. The molecule has 2 rings (SSSR count). The highest BCUT2D eigenvalue weighted by Crippen LogP contribution is 2.16. The van der Waals surface area contributed by atoms with Crippen molar-refractivity contribution in [2.24, 2.45) is 5.10 Å². The van der Waals surface area contributed by atoms with Crippen molar-refractivity contribution in [3.63, 3.8) is 0 Å². The third kappa shape index (κ3) is 4.05. The number of hydrogen-bond acceptors (Lipinski definition) is 2. The van der Waals surface area contributed by atoms with E-state index < -0.39 is 0 Å². The molecule has 0 aliphatic rings. The maximum atomic E-state index is 11.7. The standard InChI is InChI=1S/C17H18N2O/c1-14(15-8-4-2-5-9-15)12-13-18-19-17(20)16-10-6-3-7-11-16/h2-11,13-14H,12H2,1H3,(H,19,20). The van der Waals surface area contributed by atoms with Gasteiger partial charge in [-0.1, -0.05) is 55.5 Å². The van der Waals surface area contributed by atoms with Crippen molar-refractivity contribution in [2.75, 3.05) is 0 Å². The molecule has 0 saturated heterocycles. The molecule has 0 heterocycles. The lowest BCUT2D eigenvalue weighted by molar-refractivity contribution is 0.0955. The largest absolute Gasteiger partial charge is 0.271 e. The molecule has 1 N–H and O–H groups in total. The van der Waals surface area contributed by atoms with Gasteiger partial charge < -0.3 is 0 Å². The van der Waals surface area contributed by atoms with Crippen molar-refractivity contribution in [1.82, 2.24) is 5.43 Å². The molecule has 0 aromatic heterocycles. The molecule has 1 atom stereocenters. The van der Waals surface area contributed by atoms with E-state index in [1.807, 2.05) is 36.4 Å². The second-order valence-electron chi connectivity index (χ2n) is 4.67. The first-order chi connectivity index (χ1) is 9.77. The Bertz CT molecular complexity index is 564. The van der Waals surface area contributed by atoms with E-state index >= 15 is 0 Å². The van der Waals surface area contributed by atoms with Crippen LogP contribution in [0.4, 0.5) is 0 Å². The number of amides is 1. The summed E-state index contributed by atoms with van der Waals surface area (Å²) in [6.45, 7) is 2.14. The molecule has 3 nitrogen and oxygen atoms in total. The summed E-state index contributed by atoms with van der Waals surface area (Å²) >= 11 is 0. The lowest BCUT2D eigenvalue weighted by atomic mass is 9.99. The van der Waals surface area contributed by atoms with Gasteiger partial charge in [0.15, 0.2) is 0 Å². The molecule has 0 spiro atoms. The average Bonchev–Trinajstić information content (AvgIpc) is 2.53. The monoisotopic (exact) mass is 266 g/mol. The first kappa shape index (κ1) is 14.0. The van der Waals surface area contributed by atoms with Gasteiger partial charge in [-0.05, 0) is 30.0 Å². The van der Waals surface area contributed by atoms with Crippen LogP contribution in [-0.4, -0.2) is 12.1 Å². The molecular weight excluding hydrogens is 248 g/mol. The van der Waals surface area contributed by atoms with Gasteiger partial charge in [0.1, 0.15) is 0 Å². The van der Waals surface area contributed by atoms with Crippen LogP contribution in [0.2, 0.25) is 0 Å². The average molecular weight is 266 g/mol. The summed E-state index contributed by atoms with van der Waals surface area (Å²) in [4.78, 5) is 11.7. The summed E-state index contributed by atoms with van der Waals surface area (Å²) in [5.74, 6) is 0.197. The van der Waals surface area contributed by atoms with Crippen LogP contribution >= 0.6 is 0 Å². The normalized spacial score (nSPS) is 12.2. The second kappa shape index (κ2) is 7.24. The lowest BCUT2D eigenvalue weighted by Crippen LogP contribution is -2.17. The molecule has 2 aromatic rings. The highest BCUT2D eigenvalue weighted by Gasteiger charge is 2.03. The van der Waals surface area contributed by atoms with E-state index in [4.69, 9.17) is 0 Å². The fourth-order valence-electron chi connectivity index (χ4n) is 1.89. The lowest BCUT2D eigenvalue weighted by Gasteiger charge is -2.07. The third-order valence-electron chi connectivity index (χ3n) is 3.12. The summed E-state index contributed by atoms with van der Waals surface area (Å²) in [5.41, 5.74) is 4.42. The van der Waals surface area contributed by atoms with Crippen molar-refractivity contribution in [1.29, 1.82) is 0 Å². The number of carbonyl (C=O) groups is 1. The molecule has 0 aliphatic carbocycles. The summed E-state index contributed by atoms with van der Waals surface area (Å²) < 4.78 is 0. The van der Waals surface area contributed by atoms with Crippen molar-refractivity contribution < 1.29 is 4.79 Å². The van der Waals surface area contributed by atoms with E-state index in [-0.39, 0.29) is 5.91 Å². The predicted octanol–water partition coefficient (Wildman–Crippen LogP) is 3.60. The van der Waals surface area contributed by atoms with Gasteiger partial charge in [0.25, 0.3) is 5.91 Å². The van der Waals surface area contributed by atoms with E-state index in [9.17, 15) is 4.79 Å². The Balaban J connectivity index is 1.81. The second-order valence-corrected chi connectivity index (χ2v) is 4.67. The minimum Gasteiger partial charge on any atom is -0.267 e. The first-order valence-corrected chi connectivity index (χ1v) is 6.69. The number of nitrogens with zero attached hydrogens (tertiary/aromatic N) is 1. The van der Waals surface area contributed by atoms with Crippen molar-refractivity contribution >= 4 is 12.1 Å². The van der Waals surface area contributed by atoms with E-state index in [1.165, 1.54) is 5.56 Å². The zero-order chi connectivity index (χ0) is 14.2. The summed E-state index contributed by atoms with van der Waals surface area (Å²) in [7, 11) is 0. The van der Waals surface area contributed by atoms with Gasteiger partial charge in [0.05, 0.1) is 0 Å². The van der Waals surface area contributed by atoms with Gasteiger partial charge in [-0.25, -0.2) is 5.43 Å². The van der Waals surface area contributed by atoms with Crippen molar-refractivity contribution in [3.05, 3.63) is 71.8 Å². The zero-order valence-corrected chi connectivity index (χ0v) is 11.5. The molecule has 3 heteroatoms. The maximum Gasteiger partial charge on any atom is 0.271 e. The number of rotatable bonds is 5. The first-order valence-electron chi connectivity index (χ1n) is 6.69. The van der Waals surface area contributed by atoms with Crippen molar-refractivity contribution in [2.45, 2.75) is 19.3 Å². The Morgan fingerprint density at radius 3 is 2.35 bits per heavy atom. The van der Waals surface area contributed by atoms with E-state index in [2.05, 4.69) is 29.6 Å². The fraction of sp³-hybridized carbons (Fsp3) is 0.176. The van der Waals surface area contributed by atoms with E-state index in [0.717, 1.165) is 6.42 Å². The molecule has 2 aromatic carbocycles. The minimum atomic E-state index is -0.186. The third-order valence-corrected chi connectivity index (χ3v) is 3.12. The van der Waals surface area contributed by atoms with Crippen LogP contribution in [-0.2, 0) is 0 Å². The predicted molar refractivity (Wildman–Crippen MR) is 81.9 cm³/mol. The van der Waals surface area contributed by atoms with Gasteiger partial charge >= 0.3 is 0 Å². The highest BCUT2D eigenvalue weighted by molar-refractivity contribution is 5.94. The number of hydrogen-bond donors (Lipinski definition) is 1. The summed E-state index contributed by atoms with van der Waals surface area (Å²) in [5, 5.41) is 3.99. The fourth-order valence-corrected chi connectivity index (χ4v) is 1.89. The highest BCUT2D eigenvalue weighted by atomic mass is 16.2.